The minimum atomic E-state index is -1.24. The molecular formula is C14H14FNO5. The zero-order valence-corrected chi connectivity index (χ0v) is 11.3. The molecule has 1 heterocycles. The molecule has 6 nitrogen and oxygen atoms in total. The van der Waals surface area contributed by atoms with Crippen LogP contribution in [0.3, 0.4) is 0 Å². The highest BCUT2D eigenvalue weighted by Gasteiger charge is 2.39. The quantitative estimate of drug-likeness (QED) is 0.814. The highest BCUT2D eigenvalue weighted by molar-refractivity contribution is 6.05. The van der Waals surface area contributed by atoms with Crippen molar-refractivity contribution in [3.05, 3.63) is 29.6 Å². The van der Waals surface area contributed by atoms with Gasteiger partial charge in [-0.15, -0.1) is 0 Å². The Bertz CT molecular complexity index is 601. The van der Waals surface area contributed by atoms with E-state index in [9.17, 15) is 18.8 Å². The van der Waals surface area contributed by atoms with Crippen LogP contribution in [-0.2, 0) is 20.8 Å². The molecule has 2 rings (SSSR count). The molecule has 2 amide bonds. The summed E-state index contributed by atoms with van der Waals surface area (Å²) in [4.78, 5) is 35.0. The number of methoxy groups -OCH3 is 1. The van der Waals surface area contributed by atoms with Gasteiger partial charge in [0.1, 0.15) is 6.54 Å². The Morgan fingerprint density at radius 3 is 2.76 bits per heavy atom. The summed E-state index contributed by atoms with van der Waals surface area (Å²) in [5.74, 6) is -3.38. The van der Waals surface area contributed by atoms with Gasteiger partial charge in [0.05, 0.1) is 13.0 Å². The first-order valence-electron chi connectivity index (χ1n) is 6.30. The zero-order chi connectivity index (χ0) is 15.6. The van der Waals surface area contributed by atoms with Crippen LogP contribution in [-0.4, -0.2) is 41.4 Å². The molecular weight excluding hydrogens is 281 g/mol. The average molecular weight is 295 g/mol. The van der Waals surface area contributed by atoms with Gasteiger partial charge in [-0.25, -0.2) is 4.39 Å². The minimum absolute atomic E-state index is 0.0558. The minimum Gasteiger partial charge on any atom is -0.494 e. The number of benzene rings is 1. The number of hydrogen-bond donors (Lipinski definition) is 1. The van der Waals surface area contributed by atoms with Gasteiger partial charge in [0.2, 0.25) is 11.8 Å². The van der Waals surface area contributed by atoms with Gasteiger partial charge in [0.25, 0.3) is 0 Å². The number of hydrogen-bond acceptors (Lipinski definition) is 4. The van der Waals surface area contributed by atoms with Crippen molar-refractivity contribution < 1.29 is 28.6 Å². The van der Waals surface area contributed by atoms with Gasteiger partial charge in [-0.3, -0.25) is 19.3 Å². The second kappa shape index (κ2) is 5.90. The van der Waals surface area contributed by atoms with Crippen molar-refractivity contribution in [2.24, 2.45) is 5.92 Å². The monoisotopic (exact) mass is 295 g/mol. The number of carbonyl (C=O) groups excluding carboxylic acids is 2. The first kappa shape index (κ1) is 15.0. The molecule has 1 aliphatic rings. The average Bonchev–Trinajstić information content (AvgIpc) is 2.66. The van der Waals surface area contributed by atoms with E-state index in [0.717, 1.165) is 4.90 Å². The maximum absolute atomic E-state index is 13.6. The molecule has 0 aromatic heterocycles. The molecule has 1 atom stereocenters. The van der Waals surface area contributed by atoms with Crippen molar-refractivity contribution in [1.82, 2.24) is 4.90 Å². The molecule has 1 N–H and O–H groups in total. The summed E-state index contributed by atoms with van der Waals surface area (Å²) in [6, 6.07) is 4.30. The third-order valence-corrected chi connectivity index (χ3v) is 3.33. The maximum Gasteiger partial charge on any atom is 0.323 e. The fraction of sp³-hybridized carbons (Fsp3) is 0.357. The number of ether oxygens (including phenoxy) is 1. The molecule has 1 aromatic rings. The second-order valence-corrected chi connectivity index (χ2v) is 4.79. The van der Waals surface area contributed by atoms with Gasteiger partial charge in [0, 0.05) is 6.42 Å². The van der Waals surface area contributed by atoms with Gasteiger partial charge in [-0.2, -0.15) is 0 Å². The number of likely N-dealkylation sites (tertiary alicyclic amines) is 1. The summed E-state index contributed by atoms with van der Waals surface area (Å²) in [5, 5.41) is 8.67. The third kappa shape index (κ3) is 3.18. The topological polar surface area (TPSA) is 83.9 Å². The van der Waals surface area contributed by atoms with Crippen molar-refractivity contribution >= 4 is 17.8 Å². The third-order valence-electron chi connectivity index (χ3n) is 3.33. The normalized spacial score (nSPS) is 18.2. The van der Waals surface area contributed by atoms with Crippen molar-refractivity contribution in [1.29, 1.82) is 0 Å². The van der Waals surface area contributed by atoms with Gasteiger partial charge in [0.15, 0.2) is 11.6 Å². The number of carboxylic acid groups (broad SMARTS) is 1. The predicted octanol–water partition coefficient (Wildman–Crippen LogP) is 0.836. The molecule has 0 bridgehead atoms. The zero-order valence-electron chi connectivity index (χ0n) is 11.3. The Balaban J connectivity index is 2.10. The lowest BCUT2D eigenvalue weighted by molar-refractivity contribution is -0.149. The highest BCUT2D eigenvalue weighted by Crippen LogP contribution is 2.25. The van der Waals surface area contributed by atoms with E-state index in [1.807, 2.05) is 0 Å². The van der Waals surface area contributed by atoms with Crippen LogP contribution in [0.5, 0.6) is 5.75 Å². The molecule has 112 valence electrons. The van der Waals surface area contributed by atoms with Gasteiger partial charge < -0.3 is 9.84 Å². The Kier molecular flexibility index (Phi) is 4.21. The maximum atomic E-state index is 13.6. The molecule has 21 heavy (non-hydrogen) atoms. The first-order valence-corrected chi connectivity index (χ1v) is 6.30. The van der Waals surface area contributed by atoms with E-state index in [1.54, 1.807) is 6.07 Å². The van der Waals surface area contributed by atoms with Crippen LogP contribution in [0, 0.1) is 11.7 Å². The van der Waals surface area contributed by atoms with Gasteiger partial charge >= 0.3 is 5.97 Å². The highest BCUT2D eigenvalue weighted by atomic mass is 19.1. The van der Waals surface area contributed by atoms with Crippen LogP contribution in [0.25, 0.3) is 0 Å². The van der Waals surface area contributed by atoms with E-state index in [0.29, 0.717) is 5.56 Å². The lowest BCUT2D eigenvalue weighted by Crippen LogP contribution is -2.35. The first-order chi connectivity index (χ1) is 9.92. The fourth-order valence-electron chi connectivity index (χ4n) is 2.33. The van der Waals surface area contributed by atoms with Crippen LogP contribution in [0.2, 0.25) is 0 Å². The Morgan fingerprint density at radius 1 is 1.48 bits per heavy atom. The number of carboxylic acids is 1. The molecule has 1 saturated heterocycles. The van der Waals surface area contributed by atoms with E-state index in [1.165, 1.54) is 19.2 Å². The van der Waals surface area contributed by atoms with Crippen molar-refractivity contribution in [2.75, 3.05) is 13.7 Å². The molecule has 0 saturated carbocycles. The summed E-state index contributed by atoms with van der Waals surface area (Å²) in [6.07, 6.45) is 0.126. The van der Waals surface area contributed by atoms with Gasteiger partial charge in [-0.1, -0.05) is 6.07 Å². The summed E-state index contributed by atoms with van der Waals surface area (Å²) < 4.78 is 18.4. The van der Waals surface area contributed by atoms with Crippen molar-refractivity contribution in [3.63, 3.8) is 0 Å². The van der Waals surface area contributed by atoms with Crippen LogP contribution in [0.15, 0.2) is 18.2 Å². The summed E-state index contributed by atoms with van der Waals surface area (Å²) in [7, 11) is 1.35. The van der Waals surface area contributed by atoms with E-state index in [-0.39, 0.29) is 18.6 Å². The van der Waals surface area contributed by atoms with Crippen LogP contribution < -0.4 is 4.74 Å². The second-order valence-electron chi connectivity index (χ2n) is 4.79. The van der Waals surface area contributed by atoms with Crippen molar-refractivity contribution in [3.8, 4) is 5.75 Å². The standard InChI is InChI=1S/C14H14FNO5/c1-21-11-3-2-8(5-10(11)15)4-9-6-12(17)16(14(9)20)7-13(18)19/h2-3,5,9H,4,6-7H2,1H3,(H,18,19). The molecule has 0 aliphatic carbocycles. The molecule has 7 heteroatoms. The molecule has 1 aromatic carbocycles. The van der Waals surface area contributed by atoms with E-state index in [4.69, 9.17) is 9.84 Å². The molecule has 1 fully saturated rings. The number of carbonyl (C=O) groups is 3. The lowest BCUT2D eigenvalue weighted by Gasteiger charge is -2.12. The summed E-state index contributed by atoms with van der Waals surface area (Å²) >= 11 is 0. The Labute approximate surface area is 120 Å². The van der Waals surface area contributed by atoms with Crippen LogP contribution >= 0.6 is 0 Å². The largest absolute Gasteiger partial charge is 0.494 e. The van der Waals surface area contributed by atoms with Gasteiger partial charge in [-0.05, 0) is 24.1 Å². The summed E-state index contributed by atoms with van der Waals surface area (Å²) in [5.41, 5.74) is 0.552. The molecule has 1 aliphatic heterocycles. The van der Waals surface area contributed by atoms with E-state index < -0.39 is 36.1 Å². The SMILES string of the molecule is COc1ccc(CC2CC(=O)N(CC(=O)O)C2=O)cc1F. The number of nitrogens with zero attached hydrogens (tertiary/aromatic N) is 1. The molecule has 1 unspecified atom stereocenters. The smallest absolute Gasteiger partial charge is 0.323 e. The number of rotatable bonds is 5. The number of aliphatic carboxylic acids is 1. The van der Waals surface area contributed by atoms with Crippen LogP contribution in [0.1, 0.15) is 12.0 Å². The number of amides is 2. The number of halogens is 1. The summed E-state index contributed by atoms with van der Waals surface area (Å²) in [6.45, 7) is -0.634. The van der Waals surface area contributed by atoms with Crippen LogP contribution in [0.4, 0.5) is 4.39 Å². The van der Waals surface area contributed by atoms with E-state index >= 15 is 0 Å². The predicted molar refractivity (Wildman–Crippen MR) is 69.1 cm³/mol. The molecule has 0 spiro atoms. The Hall–Kier alpha value is -2.44. The lowest BCUT2D eigenvalue weighted by atomic mass is 9.98. The molecule has 0 radical (unpaired) electrons. The Morgan fingerprint density at radius 2 is 2.19 bits per heavy atom. The van der Waals surface area contributed by atoms with E-state index in [2.05, 4.69) is 0 Å². The number of imide groups is 1. The fourth-order valence-corrected chi connectivity index (χ4v) is 2.33. The van der Waals surface area contributed by atoms with Crippen molar-refractivity contribution in [2.45, 2.75) is 12.8 Å².